The Morgan fingerprint density at radius 2 is 1.83 bits per heavy atom. The highest BCUT2D eigenvalue weighted by molar-refractivity contribution is 8.01. The monoisotopic (exact) mass is 615 g/mol. The molecule has 3 atom stereocenters. The number of amides is 1. The van der Waals surface area contributed by atoms with Crippen molar-refractivity contribution in [2.24, 2.45) is 4.99 Å². The molecule has 0 saturated carbocycles. The summed E-state index contributed by atoms with van der Waals surface area (Å²) in [5, 5.41) is 18.3. The number of nitrogens with one attached hydrogen (secondary N) is 3. The fraction of sp³-hybridized carbons (Fsp3) is 0.448. The number of benzene rings is 2. The van der Waals surface area contributed by atoms with E-state index in [4.69, 9.17) is 0 Å². The maximum absolute atomic E-state index is 13.3. The number of ketones is 1. The molecule has 0 spiro atoms. The summed E-state index contributed by atoms with van der Waals surface area (Å²) in [6.07, 6.45) is 2.44. The van der Waals surface area contributed by atoms with Gasteiger partial charge in [-0.3, -0.25) is 14.6 Å². The van der Waals surface area contributed by atoms with E-state index in [1.807, 2.05) is 0 Å². The van der Waals surface area contributed by atoms with Gasteiger partial charge in [-0.1, -0.05) is 42.5 Å². The molecule has 0 aliphatic carbocycles. The number of Topliss-reactive ketones (excluding diaryl/α,β-unsaturated/α-hetero) is 1. The molecule has 11 nitrogen and oxygen atoms in total. The van der Waals surface area contributed by atoms with Crippen molar-refractivity contribution in [1.29, 1.82) is 0 Å². The first-order chi connectivity index (χ1) is 20.1. The number of aliphatic carboxylic acids is 1. The van der Waals surface area contributed by atoms with Crippen LogP contribution < -0.4 is 16.0 Å². The second-order valence-corrected chi connectivity index (χ2v) is 13.5. The van der Waals surface area contributed by atoms with Crippen molar-refractivity contribution in [3.8, 4) is 0 Å². The van der Waals surface area contributed by atoms with Gasteiger partial charge in [0.05, 0.1) is 10.3 Å². The van der Waals surface area contributed by atoms with E-state index in [0.29, 0.717) is 24.9 Å². The van der Waals surface area contributed by atoms with Crippen molar-refractivity contribution >= 4 is 45.4 Å². The molecule has 2 aromatic rings. The Kier molecular flexibility index (Phi) is 11.0. The minimum Gasteiger partial charge on any atom is -0.480 e. The summed E-state index contributed by atoms with van der Waals surface area (Å²) < 4.78 is 27.8. The Bertz CT molecular complexity index is 1380. The lowest BCUT2D eigenvalue weighted by atomic mass is 10.0. The van der Waals surface area contributed by atoms with Gasteiger partial charge in [-0.05, 0) is 43.0 Å². The maximum Gasteiger partial charge on any atom is 0.326 e. The number of carboxylic acid groups (broad SMARTS) is 1. The van der Waals surface area contributed by atoms with Crippen molar-refractivity contribution in [1.82, 2.24) is 20.3 Å². The third kappa shape index (κ3) is 8.33. The van der Waals surface area contributed by atoms with Gasteiger partial charge < -0.3 is 21.1 Å². The molecule has 2 heterocycles. The number of hydrogen-bond acceptors (Lipinski definition) is 9. The topological polar surface area (TPSA) is 157 Å². The lowest BCUT2D eigenvalue weighted by Gasteiger charge is -2.27. The van der Waals surface area contributed by atoms with Crippen molar-refractivity contribution < 1.29 is 27.9 Å². The lowest BCUT2D eigenvalue weighted by molar-refractivity contribution is -0.142. The third-order valence-electron chi connectivity index (χ3n) is 7.08. The molecule has 42 heavy (non-hydrogen) atoms. The van der Waals surface area contributed by atoms with Crippen LogP contribution in [0, 0.1) is 0 Å². The van der Waals surface area contributed by atoms with Crippen LogP contribution in [0.5, 0.6) is 0 Å². The zero-order chi connectivity index (χ0) is 30.1. The third-order valence-corrected chi connectivity index (χ3v) is 10.4. The zero-order valence-corrected chi connectivity index (χ0v) is 25.1. The van der Waals surface area contributed by atoms with Gasteiger partial charge in [0, 0.05) is 44.6 Å². The number of hydrogen-bond donors (Lipinski definition) is 4. The van der Waals surface area contributed by atoms with Gasteiger partial charge in [-0.15, -0.1) is 11.8 Å². The van der Waals surface area contributed by atoms with Crippen molar-refractivity contribution in [3.05, 3.63) is 65.7 Å². The Morgan fingerprint density at radius 3 is 2.50 bits per heavy atom. The quantitative estimate of drug-likeness (QED) is 0.247. The van der Waals surface area contributed by atoms with Gasteiger partial charge in [0.1, 0.15) is 17.9 Å². The van der Waals surface area contributed by atoms with Crippen molar-refractivity contribution in [2.45, 2.75) is 61.4 Å². The number of guanidine groups is 1. The van der Waals surface area contributed by atoms with E-state index >= 15 is 0 Å². The number of carboxylic acids is 1. The van der Waals surface area contributed by atoms with Crippen LogP contribution in [0.3, 0.4) is 0 Å². The van der Waals surface area contributed by atoms with Crippen LogP contribution in [-0.2, 0) is 37.2 Å². The largest absolute Gasteiger partial charge is 0.480 e. The fourth-order valence-electron chi connectivity index (χ4n) is 4.86. The molecule has 1 amide bonds. The Morgan fingerprint density at radius 1 is 1.12 bits per heavy atom. The number of aliphatic imine (C=N–C) groups is 1. The predicted octanol–water partition coefficient (Wildman–Crippen LogP) is 1.78. The standard InChI is InChI=1S/C29H37N5O6S2/c1-20-34(42(39,40)24-8-3-2-4-9-24)26(19-41-20)27(36)33-25(28(37)38)18-22-12-10-21(11-13-22)17-23(35)7-5-14-30-29-31-15-6-16-32-29/h2-4,8-13,20,25-26H,5-7,14-19H2,1H3,(H,33,36)(H,37,38)(H2,30,31,32)/t20?,25-,26-/m0/s1. The molecule has 0 bridgehead atoms. The number of sulfonamides is 1. The maximum atomic E-state index is 13.3. The van der Waals surface area contributed by atoms with E-state index in [0.717, 1.165) is 35.3 Å². The van der Waals surface area contributed by atoms with Gasteiger partial charge in [-0.2, -0.15) is 4.31 Å². The molecule has 2 aromatic carbocycles. The van der Waals surface area contributed by atoms with E-state index in [2.05, 4.69) is 20.9 Å². The van der Waals surface area contributed by atoms with Crippen LogP contribution in [0.4, 0.5) is 0 Å². The number of thioether (sulfide) groups is 1. The number of rotatable bonds is 13. The van der Waals surface area contributed by atoms with Gasteiger partial charge in [0.2, 0.25) is 15.9 Å². The molecule has 1 saturated heterocycles. The summed E-state index contributed by atoms with van der Waals surface area (Å²) in [6.45, 7) is 4.07. The molecule has 13 heteroatoms. The minimum atomic E-state index is -3.96. The minimum absolute atomic E-state index is 0.0136. The van der Waals surface area contributed by atoms with E-state index in [9.17, 15) is 27.9 Å². The molecule has 226 valence electrons. The van der Waals surface area contributed by atoms with E-state index in [-0.39, 0.29) is 29.3 Å². The van der Waals surface area contributed by atoms with Crippen LogP contribution in [0.25, 0.3) is 0 Å². The molecule has 1 fully saturated rings. The van der Waals surface area contributed by atoms with Crippen molar-refractivity contribution in [3.63, 3.8) is 0 Å². The fourth-order valence-corrected chi connectivity index (χ4v) is 8.18. The first-order valence-electron chi connectivity index (χ1n) is 14.0. The molecule has 2 aliphatic heterocycles. The summed E-state index contributed by atoms with van der Waals surface area (Å²) in [6, 6.07) is 12.7. The van der Waals surface area contributed by atoms with Crippen LogP contribution in [0.1, 0.15) is 37.3 Å². The highest BCUT2D eigenvalue weighted by atomic mass is 32.2. The Labute approximate surface area is 250 Å². The lowest BCUT2D eigenvalue weighted by Crippen LogP contribution is -2.53. The molecule has 0 radical (unpaired) electrons. The van der Waals surface area contributed by atoms with Gasteiger partial charge in [-0.25, -0.2) is 13.2 Å². The highest BCUT2D eigenvalue weighted by Crippen LogP contribution is 2.34. The summed E-state index contributed by atoms with van der Waals surface area (Å²) in [4.78, 5) is 42.1. The molecule has 1 unspecified atom stereocenters. The SMILES string of the molecule is CC1SC[C@@H](C(=O)N[C@@H](Cc2ccc(CC(=O)CCCNC3=NCCCN3)cc2)C(=O)O)N1S(=O)(=O)c1ccccc1. The van der Waals surface area contributed by atoms with E-state index in [1.165, 1.54) is 23.9 Å². The van der Waals surface area contributed by atoms with Crippen LogP contribution in [0.2, 0.25) is 0 Å². The number of nitrogens with zero attached hydrogens (tertiary/aromatic N) is 2. The van der Waals surface area contributed by atoms with E-state index < -0.39 is 39.4 Å². The summed E-state index contributed by atoms with van der Waals surface area (Å²) >= 11 is 1.32. The Balaban J connectivity index is 1.30. The molecular weight excluding hydrogens is 578 g/mol. The molecule has 0 aromatic heterocycles. The molecule has 2 aliphatic rings. The number of carbonyl (C=O) groups excluding carboxylic acids is 2. The zero-order valence-electron chi connectivity index (χ0n) is 23.5. The molecule has 4 rings (SSSR count). The van der Waals surface area contributed by atoms with Crippen molar-refractivity contribution in [2.75, 3.05) is 25.4 Å². The van der Waals surface area contributed by atoms with Gasteiger partial charge >= 0.3 is 5.97 Å². The summed E-state index contributed by atoms with van der Waals surface area (Å²) in [7, 11) is -3.96. The predicted molar refractivity (Wildman–Crippen MR) is 162 cm³/mol. The molecule has 4 N–H and O–H groups in total. The summed E-state index contributed by atoms with van der Waals surface area (Å²) in [5.41, 5.74) is 1.50. The van der Waals surface area contributed by atoms with Gasteiger partial charge in [0.25, 0.3) is 0 Å². The first-order valence-corrected chi connectivity index (χ1v) is 16.5. The highest BCUT2D eigenvalue weighted by Gasteiger charge is 2.45. The smallest absolute Gasteiger partial charge is 0.326 e. The summed E-state index contributed by atoms with van der Waals surface area (Å²) in [5.74, 6) is -0.761. The van der Waals surface area contributed by atoms with Crippen LogP contribution in [-0.4, -0.2) is 84.3 Å². The Hall–Kier alpha value is -3.42. The first kappa shape index (κ1) is 31.5. The second-order valence-electron chi connectivity index (χ2n) is 10.3. The normalized spacial score (nSPS) is 19.8. The number of carbonyl (C=O) groups is 3. The van der Waals surface area contributed by atoms with Crippen LogP contribution >= 0.6 is 11.8 Å². The second kappa shape index (κ2) is 14.7. The average molecular weight is 616 g/mol. The molecular formula is C29H37N5O6S2. The van der Waals surface area contributed by atoms with E-state index in [1.54, 1.807) is 49.4 Å². The van der Waals surface area contributed by atoms with Gasteiger partial charge in [0.15, 0.2) is 5.96 Å². The average Bonchev–Trinajstić information content (AvgIpc) is 3.39. The van der Waals surface area contributed by atoms with Crippen LogP contribution in [0.15, 0.2) is 64.5 Å².